The van der Waals surface area contributed by atoms with Gasteiger partial charge in [0.1, 0.15) is 6.54 Å². The van der Waals surface area contributed by atoms with E-state index in [4.69, 9.17) is 5.11 Å². The van der Waals surface area contributed by atoms with Crippen LogP contribution < -0.4 is 61.8 Å². The van der Waals surface area contributed by atoms with Crippen LogP contribution in [0, 0.1) is 11.8 Å². The van der Waals surface area contributed by atoms with Crippen molar-refractivity contribution in [2.75, 3.05) is 39.3 Å². The Labute approximate surface area is 223 Å². The van der Waals surface area contributed by atoms with Crippen molar-refractivity contribution in [2.45, 2.75) is 52.9 Å². The first kappa shape index (κ1) is 31.9. The van der Waals surface area contributed by atoms with Crippen LogP contribution in [0.25, 0.3) is 0 Å². The number of carbonyl (C=O) groups is 3. The molecule has 0 bridgehead atoms. The number of amides is 1. The fourth-order valence-electron chi connectivity index (χ4n) is 3.04. The molecule has 0 fully saturated rings. The fourth-order valence-corrected chi connectivity index (χ4v) is 3.04. The number of hydrogen-bond acceptors (Lipinski definition) is 5. The van der Waals surface area contributed by atoms with E-state index in [2.05, 4.69) is 12.2 Å². The summed E-state index contributed by atoms with van der Waals surface area (Å²) in [5, 5.41) is 32.7. The van der Waals surface area contributed by atoms with E-state index in [1.165, 1.54) is 0 Å². The van der Waals surface area contributed by atoms with Gasteiger partial charge in [-0.15, -0.1) is 0 Å². The van der Waals surface area contributed by atoms with Gasteiger partial charge in [-0.2, -0.15) is 0 Å². The zero-order valence-corrected chi connectivity index (χ0v) is 22.2. The van der Waals surface area contributed by atoms with Crippen LogP contribution in [0.3, 0.4) is 0 Å². The Morgan fingerprint density at radius 1 is 1.03 bits per heavy atom. The van der Waals surface area contributed by atoms with Crippen LogP contribution in [0.5, 0.6) is 0 Å². The molecule has 3 N–H and O–H groups in total. The summed E-state index contributed by atoms with van der Waals surface area (Å²) in [5.74, 6) is -3.29. The molecular weight excluding hydrogens is 415 g/mol. The van der Waals surface area contributed by atoms with Gasteiger partial charge in [-0.3, -0.25) is 9.59 Å². The van der Waals surface area contributed by atoms with E-state index >= 15 is 0 Å². The molecule has 0 aromatic rings. The molecule has 0 spiro atoms. The van der Waals surface area contributed by atoms with E-state index in [1.54, 1.807) is 13.8 Å². The monoisotopic (exact) mass is 453 g/mol. The number of unbranched alkanes of at least 4 members (excludes halogenated alkanes) is 1. The van der Waals surface area contributed by atoms with Crippen LogP contribution >= 0.6 is 0 Å². The Hall–Kier alpha value is -0.294. The van der Waals surface area contributed by atoms with Crippen molar-refractivity contribution in [3.8, 4) is 0 Å². The van der Waals surface area contributed by atoms with E-state index in [1.807, 2.05) is 12.2 Å². The van der Waals surface area contributed by atoms with Crippen molar-refractivity contribution < 1.29 is 85.6 Å². The number of aliphatic hydroxyl groups excluding tert-OH is 1. The van der Waals surface area contributed by atoms with Crippen LogP contribution in [-0.4, -0.2) is 71.9 Å². The first-order chi connectivity index (χ1) is 13.7. The third kappa shape index (κ3) is 14.7. The minimum absolute atomic E-state index is 0. The Morgan fingerprint density at radius 2 is 1.63 bits per heavy atom. The van der Waals surface area contributed by atoms with Crippen molar-refractivity contribution >= 4 is 17.8 Å². The molecule has 168 valence electrons. The number of aliphatic hydroxyl groups is 1. The average molecular weight is 454 g/mol. The summed E-state index contributed by atoms with van der Waals surface area (Å²) in [6, 6.07) is 0. The van der Waals surface area contributed by atoms with Gasteiger partial charge in [0, 0.05) is 31.1 Å². The smallest absolute Gasteiger partial charge is 0.550 e. The van der Waals surface area contributed by atoms with Crippen LogP contribution in [0.4, 0.5) is 0 Å². The number of hydrogen-bond donors (Lipinski definition) is 3. The van der Waals surface area contributed by atoms with Crippen molar-refractivity contribution in [1.29, 1.82) is 0 Å². The molecule has 3 atom stereocenters. The maximum absolute atomic E-state index is 12.0. The molecule has 0 aliphatic rings. The van der Waals surface area contributed by atoms with E-state index in [9.17, 15) is 24.6 Å². The number of carboxylic acids is 2. The van der Waals surface area contributed by atoms with Gasteiger partial charge in [-0.25, -0.2) is 0 Å². The van der Waals surface area contributed by atoms with Crippen LogP contribution in [0.15, 0.2) is 12.2 Å². The minimum atomic E-state index is -1.13. The molecule has 0 aromatic heterocycles. The second kappa shape index (κ2) is 18.3. The molecule has 0 rings (SSSR count). The summed E-state index contributed by atoms with van der Waals surface area (Å²) >= 11 is 0. The summed E-state index contributed by atoms with van der Waals surface area (Å²) < 4.78 is 0.359. The number of allylic oxidation sites excluding steroid dienone is 1. The van der Waals surface area contributed by atoms with Crippen molar-refractivity contribution in [1.82, 2.24) is 5.32 Å². The number of aliphatic carboxylic acids is 2. The van der Waals surface area contributed by atoms with Gasteiger partial charge >= 0.3 is 57.4 Å². The molecule has 0 aliphatic carbocycles. The molecule has 1 amide bonds. The van der Waals surface area contributed by atoms with Crippen molar-refractivity contribution in [3.63, 3.8) is 0 Å². The third-order valence-corrected chi connectivity index (χ3v) is 5.30. The van der Waals surface area contributed by atoms with Gasteiger partial charge < -0.3 is 29.9 Å². The van der Waals surface area contributed by atoms with Gasteiger partial charge in [0.2, 0.25) is 5.91 Å². The molecule has 30 heavy (non-hydrogen) atoms. The summed E-state index contributed by atoms with van der Waals surface area (Å²) in [6.07, 6.45) is 6.84. The van der Waals surface area contributed by atoms with Gasteiger partial charge in [-0.05, 0) is 6.42 Å². The molecule has 0 aromatic carbocycles. The van der Waals surface area contributed by atoms with Crippen molar-refractivity contribution in [2.24, 2.45) is 11.8 Å². The predicted molar refractivity (Wildman–Crippen MR) is 109 cm³/mol. The van der Waals surface area contributed by atoms with Gasteiger partial charge in [-0.1, -0.05) is 39.3 Å². The van der Waals surface area contributed by atoms with E-state index < -0.39 is 23.8 Å². The first-order valence-corrected chi connectivity index (χ1v) is 10.5. The normalized spacial score (nSPS) is 15.1. The van der Waals surface area contributed by atoms with E-state index in [0.29, 0.717) is 56.5 Å². The number of nitrogens with zero attached hydrogens (tertiary/aromatic N) is 1. The molecule has 0 saturated heterocycles. The van der Waals surface area contributed by atoms with Gasteiger partial charge in [0.05, 0.1) is 38.7 Å². The summed E-state index contributed by atoms with van der Waals surface area (Å²) in [4.78, 5) is 34.2. The number of nitrogens with one attached hydrogen (secondary N) is 1. The maximum atomic E-state index is 12.0. The quantitative estimate of drug-likeness (QED) is 0.127. The molecule has 0 saturated carbocycles. The number of rotatable bonds is 17. The maximum Gasteiger partial charge on any atom is 1.00 e. The molecule has 8 nitrogen and oxygen atoms in total. The third-order valence-electron chi connectivity index (χ3n) is 5.30. The second-order valence-electron chi connectivity index (χ2n) is 7.81. The molecule has 0 aliphatic heterocycles. The number of carbonyl (C=O) groups excluding carboxylic acids is 2. The number of carboxylic acid groups (broad SMARTS) is 2. The average Bonchev–Trinajstić information content (AvgIpc) is 2.67. The topological polar surface area (TPSA) is 127 Å². The zero-order valence-electron chi connectivity index (χ0n) is 19.1. The minimum Gasteiger partial charge on any atom is -0.550 e. The predicted octanol–water partition coefficient (Wildman–Crippen LogP) is -2.45. The van der Waals surface area contributed by atoms with Crippen LogP contribution in [0.1, 0.15) is 52.9 Å². The zero-order chi connectivity index (χ0) is 22.3. The van der Waals surface area contributed by atoms with Gasteiger partial charge in [0.15, 0.2) is 0 Å². The first-order valence-electron chi connectivity index (χ1n) is 10.5. The molecule has 0 radical (unpaired) electrons. The summed E-state index contributed by atoms with van der Waals surface area (Å²) in [7, 11) is 0. The fraction of sp³-hybridized carbons (Fsp3) is 0.762. The van der Waals surface area contributed by atoms with E-state index in [-0.39, 0.29) is 63.9 Å². The Balaban J connectivity index is 0. The molecule has 9 heteroatoms. The van der Waals surface area contributed by atoms with Crippen molar-refractivity contribution in [3.05, 3.63) is 12.2 Å². The molecular formula is C21H38KN2O6+. The Kier molecular flexibility index (Phi) is 19.4. The second-order valence-corrected chi connectivity index (χ2v) is 7.81. The van der Waals surface area contributed by atoms with Crippen LogP contribution in [0.2, 0.25) is 0 Å². The number of quaternary nitrogens is 1. The standard InChI is InChI=1S/C21H38N2O6.K/c1-4-5-6-7-8-19(25)22-11-14-23(15-16-24,12-9-17(2)20(26)27)13-10-18(3)21(28)29;/h6-7,17-18,24H,4-5,8-16H2,1-3H3,(H2-,22,25,26,27,28,29);/q;+1/b7-6+;. The van der Waals surface area contributed by atoms with Crippen LogP contribution in [-0.2, 0) is 14.4 Å². The molecule has 3 unspecified atom stereocenters. The summed E-state index contributed by atoms with van der Waals surface area (Å²) in [6.45, 7) is 7.37. The summed E-state index contributed by atoms with van der Waals surface area (Å²) in [5.41, 5.74) is 0. The van der Waals surface area contributed by atoms with E-state index in [0.717, 1.165) is 12.8 Å². The Bertz CT molecular complexity index is 518. The van der Waals surface area contributed by atoms with Gasteiger partial charge in [0.25, 0.3) is 0 Å². The largest absolute Gasteiger partial charge is 1.00 e. The Morgan fingerprint density at radius 3 is 2.13 bits per heavy atom. The molecule has 0 heterocycles. The SMILES string of the molecule is CCC/C=C/CC(=O)NCC[N+](CCO)(CCC(C)C(=O)[O-])CCC(C)C(=O)O.[K+].